The second-order valence-electron chi connectivity index (χ2n) is 7.13. The van der Waals surface area contributed by atoms with Gasteiger partial charge < -0.3 is 4.90 Å². The van der Waals surface area contributed by atoms with E-state index in [9.17, 15) is 9.59 Å². The van der Waals surface area contributed by atoms with Crippen LogP contribution in [0.3, 0.4) is 0 Å². The standard InChI is InChI=1S/C22H22N2O2S/c1-14-8-7-9-17(12-14)13-23-21-19(15(2)16(3)27-21)20(25)24(22(23)26)18-10-5-4-6-11-18/h4-12,19,21H,13H2,1-3H3. The summed E-state index contributed by atoms with van der Waals surface area (Å²) in [5.74, 6) is -0.420. The van der Waals surface area contributed by atoms with Crippen LogP contribution in [0.5, 0.6) is 0 Å². The molecule has 4 rings (SSSR count). The maximum absolute atomic E-state index is 13.4. The lowest BCUT2D eigenvalue weighted by Crippen LogP contribution is -2.59. The number of para-hydroxylation sites is 1. The Hall–Kier alpha value is -2.53. The molecule has 0 bridgehead atoms. The van der Waals surface area contributed by atoms with Crippen molar-refractivity contribution in [3.63, 3.8) is 0 Å². The summed E-state index contributed by atoms with van der Waals surface area (Å²) >= 11 is 1.63. The molecular formula is C22H22N2O2S. The van der Waals surface area contributed by atoms with Gasteiger partial charge in [-0.25, -0.2) is 9.69 Å². The van der Waals surface area contributed by atoms with Crippen molar-refractivity contribution in [2.75, 3.05) is 4.90 Å². The lowest BCUT2D eigenvalue weighted by Gasteiger charge is -2.42. The Morgan fingerprint density at radius 2 is 1.70 bits per heavy atom. The van der Waals surface area contributed by atoms with Gasteiger partial charge in [-0.1, -0.05) is 48.0 Å². The van der Waals surface area contributed by atoms with Crippen LogP contribution in [0.2, 0.25) is 0 Å². The minimum absolute atomic E-state index is 0.126. The number of urea groups is 1. The highest BCUT2D eigenvalue weighted by atomic mass is 32.2. The van der Waals surface area contributed by atoms with Crippen LogP contribution in [0.15, 0.2) is 65.1 Å². The smallest absolute Gasteiger partial charge is 0.306 e. The van der Waals surface area contributed by atoms with Crippen LogP contribution in [0.1, 0.15) is 25.0 Å². The number of hydrogen-bond donors (Lipinski definition) is 0. The number of benzene rings is 2. The molecule has 1 saturated heterocycles. The van der Waals surface area contributed by atoms with Crippen molar-refractivity contribution >= 4 is 29.4 Å². The third-order valence-corrected chi connectivity index (χ3v) is 6.73. The summed E-state index contributed by atoms with van der Waals surface area (Å²) in [6.45, 7) is 6.58. The summed E-state index contributed by atoms with van der Waals surface area (Å²) in [6.07, 6.45) is 0. The average molecular weight is 378 g/mol. The van der Waals surface area contributed by atoms with Gasteiger partial charge in [0.05, 0.1) is 17.0 Å². The van der Waals surface area contributed by atoms with Gasteiger partial charge in [0.1, 0.15) is 0 Å². The molecule has 0 radical (unpaired) electrons. The second kappa shape index (κ2) is 6.89. The Labute approximate surface area is 163 Å². The number of rotatable bonds is 3. The van der Waals surface area contributed by atoms with Crippen LogP contribution in [0, 0.1) is 12.8 Å². The van der Waals surface area contributed by atoms with Crippen LogP contribution < -0.4 is 4.90 Å². The van der Waals surface area contributed by atoms with E-state index in [1.165, 1.54) is 4.90 Å². The summed E-state index contributed by atoms with van der Waals surface area (Å²) in [5.41, 5.74) is 3.93. The predicted molar refractivity (Wildman–Crippen MR) is 109 cm³/mol. The average Bonchev–Trinajstić information content (AvgIpc) is 2.95. The first-order chi connectivity index (χ1) is 13.0. The molecule has 5 heteroatoms. The first kappa shape index (κ1) is 17.9. The fraction of sp³-hybridized carbons (Fsp3) is 0.273. The number of amides is 3. The van der Waals surface area contributed by atoms with Gasteiger partial charge in [-0.3, -0.25) is 4.79 Å². The molecule has 0 saturated carbocycles. The highest BCUT2D eigenvalue weighted by Crippen LogP contribution is 2.47. The zero-order valence-corrected chi connectivity index (χ0v) is 16.5. The number of anilines is 1. The molecule has 2 heterocycles. The van der Waals surface area contributed by atoms with E-state index in [0.717, 1.165) is 21.6 Å². The number of fused-ring (bicyclic) bond motifs is 1. The number of carbonyl (C=O) groups excluding carboxylic acids is 2. The number of thioether (sulfide) groups is 1. The maximum Gasteiger partial charge on any atom is 0.332 e. The van der Waals surface area contributed by atoms with E-state index in [2.05, 4.69) is 6.07 Å². The molecule has 0 aliphatic carbocycles. The van der Waals surface area contributed by atoms with Gasteiger partial charge in [0.25, 0.3) is 0 Å². The zero-order valence-electron chi connectivity index (χ0n) is 15.7. The molecule has 3 amide bonds. The number of nitrogens with zero attached hydrogens (tertiary/aromatic N) is 2. The number of hydrogen-bond acceptors (Lipinski definition) is 3. The van der Waals surface area contributed by atoms with Crippen molar-refractivity contribution in [2.24, 2.45) is 5.92 Å². The molecule has 0 aromatic heterocycles. The SMILES string of the molecule is CC1=C(C)C2C(=O)N(c3ccccc3)C(=O)N(Cc3cccc(C)c3)C2S1. The lowest BCUT2D eigenvalue weighted by molar-refractivity contribution is -0.122. The normalized spacial score (nSPS) is 22.5. The topological polar surface area (TPSA) is 40.6 Å². The first-order valence-electron chi connectivity index (χ1n) is 9.06. The van der Waals surface area contributed by atoms with Crippen molar-refractivity contribution in [3.8, 4) is 0 Å². The molecule has 27 heavy (non-hydrogen) atoms. The van der Waals surface area contributed by atoms with Crippen molar-refractivity contribution in [1.29, 1.82) is 0 Å². The van der Waals surface area contributed by atoms with Gasteiger partial charge in [-0.15, -0.1) is 11.8 Å². The Bertz CT molecular complexity index is 938. The van der Waals surface area contributed by atoms with Crippen LogP contribution in [-0.2, 0) is 11.3 Å². The van der Waals surface area contributed by atoms with Crippen molar-refractivity contribution < 1.29 is 9.59 Å². The third-order valence-electron chi connectivity index (χ3n) is 5.28. The molecule has 2 aromatic carbocycles. The van der Waals surface area contributed by atoms with Crippen LogP contribution in [0.25, 0.3) is 0 Å². The van der Waals surface area contributed by atoms with E-state index in [4.69, 9.17) is 0 Å². The fourth-order valence-electron chi connectivity index (χ4n) is 3.78. The van der Waals surface area contributed by atoms with E-state index in [-0.39, 0.29) is 23.2 Å². The van der Waals surface area contributed by atoms with Gasteiger partial charge in [-0.05, 0) is 48.9 Å². The Morgan fingerprint density at radius 1 is 0.963 bits per heavy atom. The minimum atomic E-state index is -0.294. The molecular weight excluding hydrogens is 356 g/mol. The first-order valence-corrected chi connectivity index (χ1v) is 9.94. The van der Waals surface area contributed by atoms with E-state index in [1.807, 2.05) is 74.2 Å². The van der Waals surface area contributed by atoms with Crippen molar-refractivity contribution in [3.05, 3.63) is 76.2 Å². The molecule has 0 spiro atoms. The van der Waals surface area contributed by atoms with Gasteiger partial charge >= 0.3 is 6.03 Å². The molecule has 2 unspecified atom stereocenters. The van der Waals surface area contributed by atoms with E-state index < -0.39 is 0 Å². The van der Waals surface area contributed by atoms with Crippen molar-refractivity contribution in [2.45, 2.75) is 32.7 Å². The number of imide groups is 1. The monoisotopic (exact) mass is 378 g/mol. The number of carbonyl (C=O) groups is 2. The predicted octanol–water partition coefficient (Wildman–Crippen LogP) is 4.95. The van der Waals surface area contributed by atoms with Crippen LogP contribution >= 0.6 is 11.8 Å². The van der Waals surface area contributed by atoms with Gasteiger partial charge in [0, 0.05) is 6.54 Å². The summed E-state index contributed by atoms with van der Waals surface area (Å²) < 4.78 is 0. The highest BCUT2D eigenvalue weighted by molar-refractivity contribution is 8.03. The maximum atomic E-state index is 13.4. The summed E-state index contributed by atoms with van der Waals surface area (Å²) in [6, 6.07) is 17.2. The highest BCUT2D eigenvalue weighted by Gasteiger charge is 2.51. The molecule has 2 aliphatic rings. The van der Waals surface area contributed by atoms with E-state index in [0.29, 0.717) is 12.2 Å². The van der Waals surface area contributed by atoms with E-state index in [1.54, 1.807) is 11.8 Å². The lowest BCUT2D eigenvalue weighted by atomic mass is 9.95. The molecule has 138 valence electrons. The van der Waals surface area contributed by atoms with Crippen LogP contribution in [0.4, 0.5) is 10.5 Å². The molecule has 2 aromatic rings. The van der Waals surface area contributed by atoms with Gasteiger partial charge in [0.15, 0.2) is 0 Å². The molecule has 2 aliphatic heterocycles. The van der Waals surface area contributed by atoms with E-state index >= 15 is 0 Å². The number of aryl methyl sites for hydroxylation is 1. The number of allylic oxidation sites excluding steroid dienone is 1. The molecule has 4 nitrogen and oxygen atoms in total. The molecule has 1 fully saturated rings. The minimum Gasteiger partial charge on any atom is -0.306 e. The third kappa shape index (κ3) is 3.06. The quantitative estimate of drug-likeness (QED) is 0.759. The van der Waals surface area contributed by atoms with Crippen LogP contribution in [-0.4, -0.2) is 22.2 Å². The molecule has 0 N–H and O–H groups in total. The Kier molecular flexibility index (Phi) is 4.56. The summed E-state index contributed by atoms with van der Waals surface area (Å²) in [7, 11) is 0. The second-order valence-corrected chi connectivity index (χ2v) is 8.47. The summed E-state index contributed by atoms with van der Waals surface area (Å²) in [4.78, 5) is 31.0. The molecule has 2 atom stereocenters. The largest absolute Gasteiger partial charge is 0.332 e. The summed E-state index contributed by atoms with van der Waals surface area (Å²) in [5, 5.41) is -0.175. The van der Waals surface area contributed by atoms with Crippen molar-refractivity contribution in [1.82, 2.24) is 4.90 Å². The van der Waals surface area contributed by atoms with Gasteiger partial charge in [-0.2, -0.15) is 0 Å². The zero-order chi connectivity index (χ0) is 19.1. The van der Waals surface area contributed by atoms with Gasteiger partial charge in [0.2, 0.25) is 5.91 Å². The Balaban J connectivity index is 1.75. The fourth-order valence-corrected chi connectivity index (χ4v) is 5.20. The Morgan fingerprint density at radius 3 is 2.41 bits per heavy atom.